The molecule has 0 atom stereocenters. The van der Waals surface area contributed by atoms with Gasteiger partial charge in [-0.15, -0.1) is 0 Å². The highest BCUT2D eigenvalue weighted by molar-refractivity contribution is 6.01. The number of aromatic nitrogens is 2. The fraction of sp³-hybridized carbons (Fsp3) is 0.250. The zero-order valence-corrected chi connectivity index (χ0v) is 13.2. The van der Waals surface area contributed by atoms with E-state index in [0.717, 1.165) is 5.56 Å². The summed E-state index contributed by atoms with van der Waals surface area (Å²) in [6.07, 6.45) is 4.77. The number of nitrogens with one attached hydrogen (secondary N) is 2. The molecule has 0 bridgehead atoms. The summed E-state index contributed by atoms with van der Waals surface area (Å²) in [7, 11) is 0. The number of carbonyl (C=O) groups excluding carboxylic acids is 2. The van der Waals surface area contributed by atoms with E-state index in [0.29, 0.717) is 16.8 Å². The number of pyridine rings is 1. The molecule has 120 valence electrons. The zero-order valence-electron chi connectivity index (χ0n) is 13.2. The van der Waals surface area contributed by atoms with E-state index in [1.807, 2.05) is 6.07 Å². The van der Waals surface area contributed by atoms with Crippen molar-refractivity contribution in [2.45, 2.75) is 20.8 Å². The molecule has 2 rings (SSSR count). The number of hydrogen-bond donors (Lipinski definition) is 2. The largest absolute Gasteiger partial charge is 0.461 e. The van der Waals surface area contributed by atoms with Crippen LogP contribution in [-0.2, 0) is 4.74 Å². The average Bonchev–Trinajstić information content (AvgIpc) is 2.83. The molecule has 0 spiro atoms. The predicted molar refractivity (Wildman–Crippen MR) is 85.5 cm³/mol. The summed E-state index contributed by atoms with van der Waals surface area (Å²) in [6, 6.07) is 3.59. The van der Waals surface area contributed by atoms with Crippen molar-refractivity contribution in [3.63, 3.8) is 0 Å². The van der Waals surface area contributed by atoms with Crippen molar-refractivity contribution in [3.05, 3.63) is 52.6 Å². The lowest BCUT2D eigenvalue weighted by Crippen LogP contribution is -2.19. The Morgan fingerprint density at radius 2 is 2.22 bits per heavy atom. The van der Waals surface area contributed by atoms with Crippen molar-refractivity contribution in [1.29, 1.82) is 0 Å². The summed E-state index contributed by atoms with van der Waals surface area (Å²) < 4.78 is 4.96. The number of rotatable bonds is 5. The van der Waals surface area contributed by atoms with Crippen molar-refractivity contribution in [1.82, 2.24) is 15.4 Å². The van der Waals surface area contributed by atoms with Crippen LogP contribution in [0.25, 0.3) is 0 Å². The summed E-state index contributed by atoms with van der Waals surface area (Å²) in [4.78, 5) is 30.9. The Bertz CT molecular complexity index is 735. The molecule has 23 heavy (non-hydrogen) atoms. The fourth-order valence-corrected chi connectivity index (χ4v) is 2.17. The lowest BCUT2D eigenvalue weighted by Gasteiger charge is -2.02. The molecule has 0 aliphatic rings. The van der Waals surface area contributed by atoms with Gasteiger partial charge in [-0.3, -0.25) is 9.78 Å². The van der Waals surface area contributed by atoms with Gasteiger partial charge in [-0.05, 0) is 32.4 Å². The average molecular weight is 314 g/mol. The van der Waals surface area contributed by atoms with Gasteiger partial charge in [-0.2, -0.15) is 5.10 Å². The SMILES string of the molecule is CCOC(=O)c1[nH]c(C)c(C(=O)N/N=C/c2cccnc2)c1C. The van der Waals surface area contributed by atoms with Crippen LogP contribution in [0.3, 0.4) is 0 Å². The second kappa shape index (κ2) is 7.35. The molecular weight excluding hydrogens is 296 g/mol. The van der Waals surface area contributed by atoms with Crippen LogP contribution >= 0.6 is 0 Å². The van der Waals surface area contributed by atoms with Gasteiger partial charge < -0.3 is 9.72 Å². The van der Waals surface area contributed by atoms with Gasteiger partial charge >= 0.3 is 5.97 Å². The quantitative estimate of drug-likeness (QED) is 0.501. The number of nitrogens with zero attached hydrogens (tertiary/aromatic N) is 2. The van der Waals surface area contributed by atoms with E-state index in [2.05, 4.69) is 20.5 Å². The predicted octanol–water partition coefficient (Wildman–Crippen LogP) is 1.97. The normalized spacial score (nSPS) is 10.7. The van der Waals surface area contributed by atoms with Gasteiger partial charge in [0.05, 0.1) is 18.4 Å². The number of H-pyrrole nitrogens is 1. The number of aromatic amines is 1. The summed E-state index contributed by atoms with van der Waals surface area (Å²) in [5, 5.41) is 3.90. The maximum absolute atomic E-state index is 12.3. The molecule has 0 fully saturated rings. The van der Waals surface area contributed by atoms with Crippen LogP contribution in [0.4, 0.5) is 0 Å². The molecule has 2 aromatic rings. The van der Waals surface area contributed by atoms with Crippen LogP contribution in [0.1, 0.15) is 44.6 Å². The smallest absolute Gasteiger partial charge is 0.355 e. The van der Waals surface area contributed by atoms with Crippen LogP contribution in [0.5, 0.6) is 0 Å². The van der Waals surface area contributed by atoms with Crippen LogP contribution in [0.2, 0.25) is 0 Å². The maximum atomic E-state index is 12.3. The Labute approximate surface area is 133 Å². The fourth-order valence-electron chi connectivity index (χ4n) is 2.17. The molecule has 2 aromatic heterocycles. The molecule has 7 nitrogen and oxygen atoms in total. The third kappa shape index (κ3) is 3.82. The second-order valence-corrected chi connectivity index (χ2v) is 4.83. The van der Waals surface area contributed by atoms with Crippen molar-refractivity contribution in [2.75, 3.05) is 6.61 Å². The minimum Gasteiger partial charge on any atom is -0.461 e. The summed E-state index contributed by atoms with van der Waals surface area (Å²) in [6.45, 7) is 5.40. The third-order valence-corrected chi connectivity index (χ3v) is 3.21. The number of aryl methyl sites for hydroxylation is 1. The van der Waals surface area contributed by atoms with E-state index in [9.17, 15) is 9.59 Å². The molecule has 0 aliphatic carbocycles. The van der Waals surface area contributed by atoms with E-state index in [1.54, 1.807) is 39.2 Å². The van der Waals surface area contributed by atoms with E-state index in [-0.39, 0.29) is 12.3 Å². The first-order chi connectivity index (χ1) is 11.0. The van der Waals surface area contributed by atoms with Crippen LogP contribution in [-0.4, -0.2) is 34.7 Å². The Hall–Kier alpha value is -2.96. The lowest BCUT2D eigenvalue weighted by atomic mass is 10.1. The van der Waals surface area contributed by atoms with E-state index >= 15 is 0 Å². The Morgan fingerprint density at radius 1 is 1.43 bits per heavy atom. The second-order valence-electron chi connectivity index (χ2n) is 4.83. The molecule has 0 aliphatic heterocycles. The topological polar surface area (TPSA) is 96.4 Å². The third-order valence-electron chi connectivity index (χ3n) is 3.21. The van der Waals surface area contributed by atoms with Gasteiger partial charge in [0.15, 0.2) is 0 Å². The zero-order chi connectivity index (χ0) is 16.8. The number of ether oxygens (including phenoxy) is 1. The lowest BCUT2D eigenvalue weighted by molar-refractivity contribution is 0.0519. The van der Waals surface area contributed by atoms with Gasteiger partial charge in [-0.1, -0.05) is 6.07 Å². The molecule has 7 heteroatoms. The number of carbonyl (C=O) groups is 2. The van der Waals surface area contributed by atoms with Gasteiger partial charge in [0, 0.05) is 23.7 Å². The molecule has 0 saturated heterocycles. The minimum absolute atomic E-state index is 0.271. The number of hydrazone groups is 1. The standard InChI is InChI=1S/C16H18N4O3/c1-4-23-16(22)14-10(2)13(11(3)19-14)15(21)20-18-9-12-6-5-7-17-8-12/h5-9,19H,4H2,1-3H3,(H,20,21)/b18-9+. The first kappa shape index (κ1) is 16.4. The van der Waals surface area contributed by atoms with E-state index in [1.165, 1.54) is 6.21 Å². The molecule has 0 aromatic carbocycles. The van der Waals surface area contributed by atoms with Crippen LogP contribution in [0.15, 0.2) is 29.6 Å². The summed E-state index contributed by atoms with van der Waals surface area (Å²) in [5.41, 5.74) is 5.00. The van der Waals surface area contributed by atoms with Gasteiger partial charge in [-0.25, -0.2) is 10.2 Å². The molecule has 0 saturated carbocycles. The molecule has 0 unspecified atom stereocenters. The molecule has 0 radical (unpaired) electrons. The van der Waals surface area contributed by atoms with Crippen molar-refractivity contribution in [3.8, 4) is 0 Å². The van der Waals surface area contributed by atoms with Crippen molar-refractivity contribution >= 4 is 18.1 Å². The van der Waals surface area contributed by atoms with Gasteiger partial charge in [0.25, 0.3) is 5.91 Å². The Balaban J connectivity index is 2.13. The minimum atomic E-state index is -0.481. The molecule has 2 N–H and O–H groups in total. The highest BCUT2D eigenvalue weighted by Gasteiger charge is 2.22. The summed E-state index contributed by atoms with van der Waals surface area (Å²) in [5.74, 6) is -0.877. The van der Waals surface area contributed by atoms with Crippen LogP contribution < -0.4 is 5.43 Å². The first-order valence-electron chi connectivity index (χ1n) is 7.14. The molecule has 1 amide bonds. The Morgan fingerprint density at radius 3 is 2.87 bits per heavy atom. The highest BCUT2D eigenvalue weighted by atomic mass is 16.5. The van der Waals surface area contributed by atoms with Crippen LogP contribution in [0, 0.1) is 13.8 Å². The monoisotopic (exact) mass is 314 g/mol. The van der Waals surface area contributed by atoms with Gasteiger partial charge in [0.2, 0.25) is 0 Å². The van der Waals surface area contributed by atoms with Crippen molar-refractivity contribution < 1.29 is 14.3 Å². The number of amides is 1. The maximum Gasteiger partial charge on any atom is 0.355 e. The van der Waals surface area contributed by atoms with E-state index < -0.39 is 11.9 Å². The summed E-state index contributed by atoms with van der Waals surface area (Å²) >= 11 is 0. The van der Waals surface area contributed by atoms with E-state index in [4.69, 9.17) is 4.74 Å². The highest BCUT2D eigenvalue weighted by Crippen LogP contribution is 2.18. The van der Waals surface area contributed by atoms with Gasteiger partial charge in [0.1, 0.15) is 5.69 Å². The first-order valence-corrected chi connectivity index (χ1v) is 7.14. The number of hydrogen-bond acceptors (Lipinski definition) is 5. The Kier molecular flexibility index (Phi) is 5.24. The number of esters is 1. The molecule has 2 heterocycles. The van der Waals surface area contributed by atoms with Crippen molar-refractivity contribution in [2.24, 2.45) is 5.10 Å². The molecular formula is C16H18N4O3.